The van der Waals surface area contributed by atoms with Crippen molar-refractivity contribution in [3.8, 4) is 0 Å². The van der Waals surface area contributed by atoms with Crippen LogP contribution in [0.3, 0.4) is 0 Å². The summed E-state index contributed by atoms with van der Waals surface area (Å²) in [6, 6.07) is 8.68. The maximum Gasteiger partial charge on any atom is 0.221 e. The lowest BCUT2D eigenvalue weighted by molar-refractivity contribution is -0.122. The Bertz CT molecular complexity index is 430. The number of amides is 1. The van der Waals surface area contributed by atoms with Gasteiger partial charge in [-0.15, -0.1) is 0 Å². The Balaban J connectivity index is 1.78. The van der Waals surface area contributed by atoms with E-state index in [1.54, 1.807) is 0 Å². The second-order valence-electron chi connectivity index (χ2n) is 5.26. The number of nitrogens with one attached hydrogen (secondary N) is 2. The molecule has 0 saturated carbocycles. The molecule has 1 heterocycles. The summed E-state index contributed by atoms with van der Waals surface area (Å²) in [5.41, 5.74) is 1.23. The molecule has 2 unspecified atom stereocenters. The Labute approximate surface area is 123 Å². The van der Waals surface area contributed by atoms with Crippen LogP contribution in [0.5, 0.6) is 0 Å². The van der Waals surface area contributed by atoms with Crippen molar-refractivity contribution in [3.05, 3.63) is 34.3 Å². The summed E-state index contributed by atoms with van der Waals surface area (Å²) in [6.45, 7) is 3.10. The molecule has 1 aromatic rings. The van der Waals surface area contributed by atoms with E-state index >= 15 is 0 Å². The molecule has 2 N–H and O–H groups in total. The topological polar surface area (TPSA) is 41.1 Å². The quantitative estimate of drug-likeness (QED) is 0.874. The molecule has 3 nitrogen and oxygen atoms in total. The van der Waals surface area contributed by atoms with Crippen LogP contribution >= 0.6 is 15.9 Å². The number of benzene rings is 1. The first-order chi connectivity index (χ1) is 9.15. The van der Waals surface area contributed by atoms with Crippen LogP contribution in [-0.2, 0) is 11.2 Å². The Morgan fingerprint density at radius 2 is 2.32 bits per heavy atom. The molecule has 0 spiro atoms. The Morgan fingerprint density at radius 3 is 3.00 bits per heavy atom. The standard InChI is InChI=1S/C15H21BrN2O/c1-11(9-12-5-2-3-7-14(12)16)18-15(19)10-13-6-4-8-17-13/h2-3,5,7,11,13,17H,4,6,8-10H2,1H3,(H,18,19). The molecular formula is C15H21BrN2O. The van der Waals surface area contributed by atoms with Gasteiger partial charge in [0, 0.05) is 23.0 Å². The van der Waals surface area contributed by atoms with E-state index in [1.165, 1.54) is 12.0 Å². The lowest BCUT2D eigenvalue weighted by Gasteiger charge is -2.16. The SMILES string of the molecule is CC(Cc1ccccc1Br)NC(=O)CC1CCCN1. The highest BCUT2D eigenvalue weighted by Crippen LogP contribution is 2.17. The van der Waals surface area contributed by atoms with E-state index in [9.17, 15) is 4.79 Å². The molecule has 2 rings (SSSR count). The molecular weight excluding hydrogens is 304 g/mol. The van der Waals surface area contributed by atoms with Crippen molar-refractivity contribution < 1.29 is 4.79 Å². The summed E-state index contributed by atoms with van der Waals surface area (Å²) >= 11 is 3.54. The van der Waals surface area contributed by atoms with Gasteiger partial charge in [0.2, 0.25) is 5.91 Å². The van der Waals surface area contributed by atoms with Crippen LogP contribution in [0.25, 0.3) is 0 Å². The highest BCUT2D eigenvalue weighted by Gasteiger charge is 2.18. The van der Waals surface area contributed by atoms with Crippen molar-refractivity contribution in [1.82, 2.24) is 10.6 Å². The van der Waals surface area contributed by atoms with Crippen molar-refractivity contribution in [2.24, 2.45) is 0 Å². The van der Waals surface area contributed by atoms with E-state index < -0.39 is 0 Å². The van der Waals surface area contributed by atoms with Gasteiger partial charge >= 0.3 is 0 Å². The molecule has 0 radical (unpaired) electrons. The lowest BCUT2D eigenvalue weighted by Crippen LogP contribution is -2.37. The zero-order valence-corrected chi connectivity index (χ0v) is 12.9. The fraction of sp³-hybridized carbons (Fsp3) is 0.533. The average molecular weight is 325 g/mol. The maximum absolute atomic E-state index is 11.9. The Kier molecular flexibility index (Phi) is 5.40. The third kappa shape index (κ3) is 4.62. The summed E-state index contributed by atoms with van der Waals surface area (Å²) in [6.07, 6.45) is 3.75. The monoisotopic (exact) mass is 324 g/mol. The van der Waals surface area contributed by atoms with Crippen molar-refractivity contribution in [2.75, 3.05) is 6.54 Å². The highest BCUT2D eigenvalue weighted by atomic mass is 79.9. The van der Waals surface area contributed by atoms with E-state index in [4.69, 9.17) is 0 Å². The van der Waals surface area contributed by atoms with E-state index in [2.05, 4.69) is 39.6 Å². The molecule has 104 valence electrons. The van der Waals surface area contributed by atoms with Crippen LogP contribution in [-0.4, -0.2) is 24.5 Å². The van der Waals surface area contributed by atoms with Gasteiger partial charge in [0.05, 0.1) is 0 Å². The van der Waals surface area contributed by atoms with Crippen LogP contribution in [0.2, 0.25) is 0 Å². The van der Waals surface area contributed by atoms with Gasteiger partial charge in [-0.25, -0.2) is 0 Å². The molecule has 1 aliphatic rings. The normalized spacial score (nSPS) is 20.2. The summed E-state index contributed by atoms with van der Waals surface area (Å²) < 4.78 is 1.11. The van der Waals surface area contributed by atoms with E-state index in [0.29, 0.717) is 12.5 Å². The molecule has 1 aromatic carbocycles. The van der Waals surface area contributed by atoms with Gasteiger partial charge < -0.3 is 10.6 Å². The minimum atomic E-state index is 0.152. The van der Waals surface area contributed by atoms with Crippen LogP contribution < -0.4 is 10.6 Å². The van der Waals surface area contributed by atoms with Crippen LogP contribution in [0.4, 0.5) is 0 Å². The van der Waals surface area contributed by atoms with Gasteiger partial charge in [-0.2, -0.15) is 0 Å². The molecule has 1 aliphatic heterocycles. The van der Waals surface area contributed by atoms with Gasteiger partial charge in [-0.05, 0) is 44.4 Å². The van der Waals surface area contributed by atoms with Crippen LogP contribution in [0, 0.1) is 0 Å². The smallest absolute Gasteiger partial charge is 0.221 e. The number of carbonyl (C=O) groups is 1. The van der Waals surface area contributed by atoms with Crippen molar-refractivity contribution in [2.45, 2.75) is 44.7 Å². The molecule has 19 heavy (non-hydrogen) atoms. The number of hydrogen-bond acceptors (Lipinski definition) is 2. The van der Waals surface area contributed by atoms with Crippen LogP contribution in [0.15, 0.2) is 28.7 Å². The first kappa shape index (κ1) is 14.5. The molecule has 0 aliphatic carbocycles. The minimum Gasteiger partial charge on any atom is -0.353 e. The predicted molar refractivity (Wildman–Crippen MR) is 81.1 cm³/mol. The maximum atomic E-state index is 11.9. The zero-order valence-electron chi connectivity index (χ0n) is 11.3. The van der Waals surface area contributed by atoms with Crippen LogP contribution in [0.1, 0.15) is 31.7 Å². The minimum absolute atomic E-state index is 0.152. The molecule has 2 atom stereocenters. The molecule has 1 fully saturated rings. The van der Waals surface area contributed by atoms with Gasteiger partial charge in [0.25, 0.3) is 0 Å². The average Bonchev–Trinajstić information content (AvgIpc) is 2.84. The second-order valence-corrected chi connectivity index (χ2v) is 6.12. The summed E-state index contributed by atoms with van der Waals surface area (Å²) in [7, 11) is 0. The van der Waals surface area contributed by atoms with Gasteiger partial charge in [0.1, 0.15) is 0 Å². The molecule has 4 heteroatoms. The molecule has 0 bridgehead atoms. The van der Waals surface area contributed by atoms with Gasteiger partial charge in [-0.3, -0.25) is 4.79 Å². The van der Waals surface area contributed by atoms with E-state index in [0.717, 1.165) is 23.9 Å². The number of halogens is 1. The van der Waals surface area contributed by atoms with Crippen molar-refractivity contribution in [1.29, 1.82) is 0 Å². The van der Waals surface area contributed by atoms with Crippen molar-refractivity contribution >= 4 is 21.8 Å². The first-order valence-corrected chi connectivity index (χ1v) is 7.70. The summed E-state index contributed by atoms with van der Waals surface area (Å²) in [5.74, 6) is 0.152. The molecule has 0 aromatic heterocycles. The van der Waals surface area contributed by atoms with E-state index in [1.807, 2.05) is 18.2 Å². The number of carbonyl (C=O) groups excluding carboxylic acids is 1. The molecule has 1 amide bonds. The summed E-state index contributed by atoms with van der Waals surface area (Å²) in [5, 5.41) is 6.43. The first-order valence-electron chi connectivity index (χ1n) is 6.91. The Hall–Kier alpha value is -0.870. The fourth-order valence-electron chi connectivity index (χ4n) is 2.53. The number of rotatable bonds is 5. The van der Waals surface area contributed by atoms with Gasteiger partial charge in [0.15, 0.2) is 0 Å². The highest BCUT2D eigenvalue weighted by molar-refractivity contribution is 9.10. The third-order valence-electron chi connectivity index (χ3n) is 3.49. The Morgan fingerprint density at radius 1 is 1.53 bits per heavy atom. The largest absolute Gasteiger partial charge is 0.353 e. The number of hydrogen-bond donors (Lipinski definition) is 2. The molecule has 1 saturated heterocycles. The predicted octanol–water partition coefficient (Wildman–Crippen LogP) is 2.64. The third-order valence-corrected chi connectivity index (χ3v) is 4.26. The van der Waals surface area contributed by atoms with E-state index in [-0.39, 0.29) is 11.9 Å². The fourth-order valence-corrected chi connectivity index (χ4v) is 2.98. The second kappa shape index (κ2) is 7.06. The van der Waals surface area contributed by atoms with Crippen molar-refractivity contribution in [3.63, 3.8) is 0 Å². The zero-order chi connectivity index (χ0) is 13.7. The van der Waals surface area contributed by atoms with Gasteiger partial charge in [-0.1, -0.05) is 34.1 Å². The summed E-state index contributed by atoms with van der Waals surface area (Å²) in [4.78, 5) is 11.9. The lowest BCUT2D eigenvalue weighted by atomic mass is 10.1.